The highest BCUT2D eigenvalue weighted by molar-refractivity contribution is 9.10. The number of hydrogen-bond acceptors (Lipinski definition) is 4. The molecule has 0 spiro atoms. The predicted molar refractivity (Wildman–Crippen MR) is 83.8 cm³/mol. The Hall–Kier alpha value is -2.00. The number of ether oxygens (including phenoxy) is 1. The number of halogens is 1. The molecule has 0 aliphatic carbocycles. The molecule has 0 aliphatic rings. The summed E-state index contributed by atoms with van der Waals surface area (Å²) in [5.41, 5.74) is 0.253. The van der Waals surface area contributed by atoms with E-state index < -0.39 is 5.91 Å². The molecular weight excluding hydrogens is 336 g/mol. The van der Waals surface area contributed by atoms with Crippen LogP contribution >= 0.6 is 15.9 Å². The number of phenolic OH excluding ortho intramolecular Hbond substituents is 1. The molecule has 2 N–H and O–H groups in total. The smallest absolute Gasteiger partial charge is 0.262 e. The van der Waals surface area contributed by atoms with Gasteiger partial charge in [-0.15, -0.1) is 0 Å². The fourth-order valence-electron chi connectivity index (χ4n) is 1.57. The van der Waals surface area contributed by atoms with Crippen LogP contribution in [-0.2, 0) is 4.79 Å². The van der Waals surface area contributed by atoms with Gasteiger partial charge in [0.2, 0.25) is 0 Å². The first kappa shape index (κ1) is 17.1. The van der Waals surface area contributed by atoms with Gasteiger partial charge in [0.1, 0.15) is 11.6 Å². The standard InChI is InChI=1S/C15H17BrN2O3/c1-4-9(2)18-15(20)11(8-17)5-10-6-12(16)7-13(21-3)14(10)19/h5-7,9,19H,4H2,1-3H3,(H,18,20)/b11-5+/t9-/m0/s1. The van der Waals surface area contributed by atoms with Crippen LogP contribution in [0.5, 0.6) is 11.5 Å². The molecular formula is C15H17BrN2O3. The molecule has 5 nitrogen and oxygen atoms in total. The molecule has 1 rings (SSSR count). The fourth-order valence-corrected chi connectivity index (χ4v) is 2.02. The number of methoxy groups -OCH3 is 1. The quantitative estimate of drug-likeness (QED) is 0.630. The minimum atomic E-state index is -0.467. The van der Waals surface area contributed by atoms with Crippen molar-refractivity contribution in [2.45, 2.75) is 26.3 Å². The second-order valence-corrected chi connectivity index (χ2v) is 5.41. The lowest BCUT2D eigenvalue weighted by atomic mass is 10.1. The molecule has 1 aromatic rings. The van der Waals surface area contributed by atoms with E-state index in [1.807, 2.05) is 19.9 Å². The van der Waals surface area contributed by atoms with Crippen molar-refractivity contribution in [1.29, 1.82) is 5.26 Å². The van der Waals surface area contributed by atoms with Gasteiger partial charge in [-0.2, -0.15) is 5.26 Å². The zero-order valence-electron chi connectivity index (χ0n) is 12.1. The van der Waals surface area contributed by atoms with E-state index in [1.54, 1.807) is 12.1 Å². The van der Waals surface area contributed by atoms with Crippen molar-refractivity contribution in [3.63, 3.8) is 0 Å². The van der Waals surface area contributed by atoms with E-state index in [1.165, 1.54) is 13.2 Å². The first-order valence-corrected chi connectivity index (χ1v) is 7.21. The Morgan fingerprint density at radius 2 is 2.29 bits per heavy atom. The van der Waals surface area contributed by atoms with Crippen molar-refractivity contribution in [3.8, 4) is 17.6 Å². The molecule has 0 aliphatic heterocycles. The Labute approximate surface area is 132 Å². The molecule has 0 saturated carbocycles. The van der Waals surface area contributed by atoms with Crippen molar-refractivity contribution in [3.05, 3.63) is 27.7 Å². The maximum absolute atomic E-state index is 12.0. The number of nitrogens with zero attached hydrogens (tertiary/aromatic N) is 1. The van der Waals surface area contributed by atoms with Crippen LogP contribution in [0.1, 0.15) is 25.8 Å². The van der Waals surface area contributed by atoms with Crippen LogP contribution in [0.2, 0.25) is 0 Å². The van der Waals surface area contributed by atoms with E-state index in [4.69, 9.17) is 10.00 Å². The number of carbonyl (C=O) groups excluding carboxylic acids is 1. The van der Waals surface area contributed by atoms with Gasteiger partial charge in [-0.3, -0.25) is 4.79 Å². The largest absolute Gasteiger partial charge is 0.504 e. The second kappa shape index (κ2) is 7.70. The predicted octanol–water partition coefficient (Wildman–Crippen LogP) is 2.98. The number of benzene rings is 1. The molecule has 0 unspecified atom stereocenters. The SMILES string of the molecule is CC[C@H](C)NC(=O)/C(C#N)=C/c1cc(Br)cc(OC)c1O. The van der Waals surface area contributed by atoms with Crippen LogP contribution < -0.4 is 10.1 Å². The first-order valence-electron chi connectivity index (χ1n) is 6.42. The number of phenols is 1. The molecule has 0 saturated heterocycles. The van der Waals surface area contributed by atoms with Gasteiger partial charge in [0, 0.05) is 16.1 Å². The number of aromatic hydroxyl groups is 1. The van der Waals surface area contributed by atoms with Crippen LogP contribution in [0.25, 0.3) is 6.08 Å². The Morgan fingerprint density at radius 1 is 1.62 bits per heavy atom. The van der Waals surface area contributed by atoms with E-state index in [0.717, 1.165) is 6.42 Å². The zero-order valence-corrected chi connectivity index (χ0v) is 13.7. The lowest BCUT2D eigenvalue weighted by Crippen LogP contribution is -2.32. The van der Waals surface area contributed by atoms with E-state index in [0.29, 0.717) is 10.0 Å². The third kappa shape index (κ3) is 4.50. The van der Waals surface area contributed by atoms with E-state index >= 15 is 0 Å². The van der Waals surface area contributed by atoms with Crippen molar-refractivity contribution in [1.82, 2.24) is 5.32 Å². The summed E-state index contributed by atoms with van der Waals surface area (Å²) >= 11 is 3.28. The third-order valence-corrected chi connectivity index (χ3v) is 3.40. The number of amides is 1. The highest BCUT2D eigenvalue weighted by atomic mass is 79.9. The Kier molecular flexibility index (Phi) is 6.25. The molecule has 21 heavy (non-hydrogen) atoms. The van der Waals surface area contributed by atoms with Gasteiger partial charge >= 0.3 is 0 Å². The molecule has 0 bridgehead atoms. The van der Waals surface area contributed by atoms with E-state index in [-0.39, 0.29) is 23.1 Å². The summed E-state index contributed by atoms with van der Waals surface area (Å²) in [6.45, 7) is 3.79. The summed E-state index contributed by atoms with van der Waals surface area (Å²) in [6, 6.07) is 5.02. The minimum Gasteiger partial charge on any atom is -0.504 e. The topological polar surface area (TPSA) is 82.4 Å². The normalized spacial score (nSPS) is 12.4. The molecule has 1 amide bonds. The van der Waals surface area contributed by atoms with Crippen molar-refractivity contribution < 1.29 is 14.6 Å². The average Bonchev–Trinajstić information content (AvgIpc) is 2.47. The zero-order chi connectivity index (χ0) is 16.0. The minimum absolute atomic E-state index is 0.0279. The number of rotatable bonds is 5. The number of nitriles is 1. The number of hydrogen-bond donors (Lipinski definition) is 2. The third-order valence-electron chi connectivity index (χ3n) is 2.94. The molecule has 6 heteroatoms. The molecule has 112 valence electrons. The molecule has 0 aromatic heterocycles. The average molecular weight is 353 g/mol. The van der Waals surface area contributed by atoms with Gasteiger partial charge < -0.3 is 15.2 Å². The molecule has 0 radical (unpaired) electrons. The molecule has 1 atom stereocenters. The summed E-state index contributed by atoms with van der Waals surface area (Å²) in [7, 11) is 1.43. The van der Waals surface area contributed by atoms with Gasteiger partial charge in [-0.05, 0) is 31.6 Å². The highest BCUT2D eigenvalue weighted by Crippen LogP contribution is 2.34. The molecule has 0 heterocycles. The van der Waals surface area contributed by atoms with Crippen molar-refractivity contribution in [2.24, 2.45) is 0 Å². The number of nitrogens with one attached hydrogen (secondary N) is 1. The second-order valence-electron chi connectivity index (χ2n) is 4.50. The highest BCUT2D eigenvalue weighted by Gasteiger charge is 2.14. The summed E-state index contributed by atoms with van der Waals surface area (Å²) in [6.07, 6.45) is 2.10. The van der Waals surface area contributed by atoms with E-state index in [9.17, 15) is 9.90 Å². The first-order chi connectivity index (χ1) is 9.92. The monoisotopic (exact) mass is 352 g/mol. The summed E-state index contributed by atoms with van der Waals surface area (Å²) in [4.78, 5) is 12.0. The van der Waals surface area contributed by atoms with Crippen LogP contribution in [0.4, 0.5) is 0 Å². The fraction of sp³-hybridized carbons (Fsp3) is 0.333. The summed E-state index contributed by atoms with van der Waals surface area (Å²) in [5.74, 6) is -0.328. The summed E-state index contributed by atoms with van der Waals surface area (Å²) < 4.78 is 5.70. The van der Waals surface area contributed by atoms with Gasteiger partial charge in [0.05, 0.1) is 7.11 Å². The van der Waals surface area contributed by atoms with Gasteiger partial charge in [-0.25, -0.2) is 0 Å². The Bertz CT molecular complexity index is 606. The van der Waals surface area contributed by atoms with Crippen LogP contribution in [0.15, 0.2) is 22.2 Å². The molecule has 0 fully saturated rings. The molecule has 1 aromatic carbocycles. The van der Waals surface area contributed by atoms with Gasteiger partial charge in [-0.1, -0.05) is 22.9 Å². The summed E-state index contributed by atoms with van der Waals surface area (Å²) in [5, 5.41) is 21.9. The Balaban J connectivity index is 3.18. The van der Waals surface area contributed by atoms with Crippen molar-refractivity contribution >= 4 is 27.9 Å². The lowest BCUT2D eigenvalue weighted by Gasteiger charge is -2.11. The van der Waals surface area contributed by atoms with Crippen molar-refractivity contribution in [2.75, 3.05) is 7.11 Å². The van der Waals surface area contributed by atoms with Crippen LogP contribution in [0.3, 0.4) is 0 Å². The van der Waals surface area contributed by atoms with Crippen LogP contribution in [0, 0.1) is 11.3 Å². The van der Waals surface area contributed by atoms with E-state index in [2.05, 4.69) is 21.2 Å². The number of carbonyl (C=O) groups is 1. The van der Waals surface area contributed by atoms with Crippen LogP contribution in [-0.4, -0.2) is 24.2 Å². The Morgan fingerprint density at radius 3 is 2.81 bits per heavy atom. The maximum atomic E-state index is 12.0. The van der Waals surface area contributed by atoms with Gasteiger partial charge in [0.15, 0.2) is 11.5 Å². The van der Waals surface area contributed by atoms with Gasteiger partial charge in [0.25, 0.3) is 5.91 Å². The lowest BCUT2D eigenvalue weighted by molar-refractivity contribution is -0.117. The maximum Gasteiger partial charge on any atom is 0.262 e.